The summed E-state index contributed by atoms with van der Waals surface area (Å²) >= 11 is 3.29. The molecule has 1 aromatic carbocycles. The van der Waals surface area contributed by atoms with Crippen molar-refractivity contribution >= 4 is 21.7 Å². The van der Waals surface area contributed by atoms with Crippen LogP contribution in [0.1, 0.15) is 16.8 Å². The lowest BCUT2D eigenvalue weighted by Crippen LogP contribution is -2.02. The lowest BCUT2D eigenvalue weighted by Gasteiger charge is -2.05. The molecule has 0 fully saturated rings. The minimum absolute atomic E-state index is 0.490. The Morgan fingerprint density at radius 3 is 2.94 bits per heavy atom. The zero-order valence-corrected chi connectivity index (χ0v) is 10.5. The number of benzene rings is 1. The fourth-order valence-corrected chi connectivity index (χ4v) is 1.87. The summed E-state index contributed by atoms with van der Waals surface area (Å²) in [7, 11) is 0. The second kappa shape index (κ2) is 4.61. The SMILES string of the molecule is Cc1cccc(Cc2nc(Br)cnc2N)c1. The van der Waals surface area contributed by atoms with Crippen LogP contribution >= 0.6 is 15.9 Å². The summed E-state index contributed by atoms with van der Waals surface area (Å²) in [6, 6.07) is 8.29. The van der Waals surface area contributed by atoms with E-state index in [0.717, 1.165) is 5.69 Å². The predicted molar refractivity (Wildman–Crippen MR) is 68.1 cm³/mol. The van der Waals surface area contributed by atoms with Crippen LogP contribution in [0.5, 0.6) is 0 Å². The summed E-state index contributed by atoms with van der Waals surface area (Å²) in [6.07, 6.45) is 2.31. The average molecular weight is 278 g/mol. The molecule has 1 heterocycles. The largest absolute Gasteiger partial charge is 0.382 e. The number of aryl methyl sites for hydroxylation is 1. The van der Waals surface area contributed by atoms with E-state index >= 15 is 0 Å². The topological polar surface area (TPSA) is 51.8 Å². The number of nitrogens with zero attached hydrogens (tertiary/aromatic N) is 2. The van der Waals surface area contributed by atoms with Gasteiger partial charge in [-0.05, 0) is 28.4 Å². The van der Waals surface area contributed by atoms with E-state index in [9.17, 15) is 0 Å². The van der Waals surface area contributed by atoms with Crippen molar-refractivity contribution in [3.63, 3.8) is 0 Å². The lowest BCUT2D eigenvalue weighted by atomic mass is 10.1. The third-order valence-corrected chi connectivity index (χ3v) is 2.68. The van der Waals surface area contributed by atoms with E-state index in [0.29, 0.717) is 16.8 Å². The van der Waals surface area contributed by atoms with Gasteiger partial charge in [-0.3, -0.25) is 0 Å². The zero-order valence-electron chi connectivity index (χ0n) is 8.94. The first-order valence-electron chi connectivity index (χ1n) is 4.97. The van der Waals surface area contributed by atoms with Gasteiger partial charge < -0.3 is 5.73 Å². The molecule has 1 aromatic heterocycles. The first-order valence-corrected chi connectivity index (χ1v) is 5.77. The highest BCUT2D eigenvalue weighted by molar-refractivity contribution is 9.10. The summed E-state index contributed by atoms with van der Waals surface area (Å²) in [5, 5.41) is 0. The summed E-state index contributed by atoms with van der Waals surface area (Å²) in [5.41, 5.74) is 9.02. The standard InChI is InChI=1S/C12H12BrN3/c1-8-3-2-4-9(5-8)6-10-12(14)15-7-11(13)16-10/h2-5,7H,6H2,1H3,(H2,14,15). The van der Waals surface area contributed by atoms with Gasteiger partial charge in [-0.2, -0.15) is 0 Å². The fourth-order valence-electron chi connectivity index (χ4n) is 1.56. The molecular formula is C12H12BrN3. The maximum absolute atomic E-state index is 5.78. The predicted octanol–water partition coefficient (Wildman–Crippen LogP) is 2.72. The summed E-state index contributed by atoms with van der Waals surface area (Å²) in [6.45, 7) is 2.07. The Labute approximate surface area is 103 Å². The van der Waals surface area contributed by atoms with E-state index in [1.165, 1.54) is 11.1 Å². The Morgan fingerprint density at radius 1 is 1.38 bits per heavy atom. The van der Waals surface area contributed by atoms with E-state index in [1.54, 1.807) is 6.20 Å². The number of aromatic nitrogens is 2. The summed E-state index contributed by atoms with van der Waals surface area (Å²) in [5.74, 6) is 0.490. The Hall–Kier alpha value is -1.42. The highest BCUT2D eigenvalue weighted by atomic mass is 79.9. The number of nitrogen functional groups attached to an aromatic ring is 1. The van der Waals surface area contributed by atoms with E-state index in [1.807, 2.05) is 6.07 Å². The highest BCUT2D eigenvalue weighted by Crippen LogP contribution is 2.15. The molecule has 0 aliphatic rings. The van der Waals surface area contributed by atoms with Gasteiger partial charge in [0.1, 0.15) is 10.4 Å². The quantitative estimate of drug-likeness (QED) is 0.918. The Balaban J connectivity index is 2.30. The van der Waals surface area contributed by atoms with Crippen LogP contribution in [-0.4, -0.2) is 9.97 Å². The molecule has 16 heavy (non-hydrogen) atoms. The third kappa shape index (κ3) is 2.58. The van der Waals surface area contributed by atoms with Crippen LogP contribution in [0.25, 0.3) is 0 Å². The van der Waals surface area contributed by atoms with E-state index in [2.05, 4.69) is 51.0 Å². The zero-order chi connectivity index (χ0) is 11.5. The Kier molecular flexibility index (Phi) is 3.19. The molecule has 2 rings (SSSR count). The number of hydrogen-bond acceptors (Lipinski definition) is 3. The molecule has 82 valence electrons. The van der Waals surface area contributed by atoms with Crippen molar-refractivity contribution in [1.82, 2.24) is 9.97 Å². The fraction of sp³-hybridized carbons (Fsp3) is 0.167. The normalized spacial score (nSPS) is 10.4. The van der Waals surface area contributed by atoms with Gasteiger partial charge in [-0.25, -0.2) is 9.97 Å². The highest BCUT2D eigenvalue weighted by Gasteiger charge is 2.04. The van der Waals surface area contributed by atoms with Crippen molar-refractivity contribution in [2.75, 3.05) is 5.73 Å². The maximum atomic E-state index is 5.78. The van der Waals surface area contributed by atoms with Crippen molar-refractivity contribution in [3.05, 3.63) is 51.9 Å². The number of nitrogens with two attached hydrogens (primary N) is 1. The van der Waals surface area contributed by atoms with Crippen LogP contribution in [0.2, 0.25) is 0 Å². The second-order valence-corrected chi connectivity index (χ2v) is 4.50. The van der Waals surface area contributed by atoms with Gasteiger partial charge in [0.2, 0.25) is 0 Å². The van der Waals surface area contributed by atoms with Gasteiger partial charge in [-0.15, -0.1) is 0 Å². The van der Waals surface area contributed by atoms with Gasteiger partial charge >= 0.3 is 0 Å². The first-order chi connectivity index (χ1) is 7.65. The van der Waals surface area contributed by atoms with E-state index in [4.69, 9.17) is 5.73 Å². The molecular weight excluding hydrogens is 266 g/mol. The molecule has 0 spiro atoms. The molecule has 0 saturated carbocycles. The van der Waals surface area contributed by atoms with Crippen molar-refractivity contribution < 1.29 is 0 Å². The van der Waals surface area contributed by atoms with Gasteiger partial charge in [0, 0.05) is 6.42 Å². The molecule has 0 aliphatic carbocycles. The van der Waals surface area contributed by atoms with Crippen LogP contribution in [-0.2, 0) is 6.42 Å². The molecule has 0 aliphatic heterocycles. The van der Waals surface area contributed by atoms with Gasteiger partial charge in [0.25, 0.3) is 0 Å². The molecule has 2 aromatic rings. The third-order valence-electron chi connectivity index (χ3n) is 2.30. The monoisotopic (exact) mass is 277 g/mol. The van der Waals surface area contributed by atoms with E-state index < -0.39 is 0 Å². The molecule has 0 bridgehead atoms. The molecule has 0 saturated heterocycles. The van der Waals surface area contributed by atoms with Gasteiger partial charge in [-0.1, -0.05) is 29.8 Å². The lowest BCUT2D eigenvalue weighted by molar-refractivity contribution is 1.02. The van der Waals surface area contributed by atoms with Crippen LogP contribution in [0.15, 0.2) is 35.1 Å². The van der Waals surface area contributed by atoms with Gasteiger partial charge in [0.05, 0.1) is 11.9 Å². The molecule has 0 radical (unpaired) electrons. The first kappa shape index (κ1) is 11.1. The van der Waals surface area contributed by atoms with Crippen molar-refractivity contribution in [2.24, 2.45) is 0 Å². The molecule has 0 atom stereocenters. The molecule has 4 heteroatoms. The second-order valence-electron chi connectivity index (χ2n) is 3.69. The van der Waals surface area contributed by atoms with Crippen LogP contribution in [0.4, 0.5) is 5.82 Å². The molecule has 0 amide bonds. The number of rotatable bonds is 2. The summed E-state index contributed by atoms with van der Waals surface area (Å²) < 4.78 is 0.712. The minimum Gasteiger partial charge on any atom is -0.382 e. The molecule has 0 unspecified atom stereocenters. The number of halogens is 1. The minimum atomic E-state index is 0.490. The maximum Gasteiger partial charge on any atom is 0.145 e. The van der Waals surface area contributed by atoms with E-state index in [-0.39, 0.29) is 0 Å². The average Bonchev–Trinajstić information content (AvgIpc) is 2.24. The van der Waals surface area contributed by atoms with Crippen LogP contribution in [0, 0.1) is 6.92 Å². The van der Waals surface area contributed by atoms with Crippen molar-refractivity contribution in [1.29, 1.82) is 0 Å². The number of hydrogen-bond donors (Lipinski definition) is 1. The Morgan fingerprint density at radius 2 is 2.19 bits per heavy atom. The summed E-state index contributed by atoms with van der Waals surface area (Å²) in [4.78, 5) is 8.39. The Bertz CT molecular complexity index is 511. The molecule has 3 nitrogen and oxygen atoms in total. The smallest absolute Gasteiger partial charge is 0.145 e. The number of anilines is 1. The van der Waals surface area contributed by atoms with Crippen molar-refractivity contribution in [2.45, 2.75) is 13.3 Å². The van der Waals surface area contributed by atoms with Gasteiger partial charge in [0.15, 0.2) is 0 Å². The van der Waals surface area contributed by atoms with Crippen LogP contribution < -0.4 is 5.73 Å². The van der Waals surface area contributed by atoms with Crippen LogP contribution in [0.3, 0.4) is 0 Å². The van der Waals surface area contributed by atoms with Crippen molar-refractivity contribution in [3.8, 4) is 0 Å². The molecule has 2 N–H and O–H groups in total.